The van der Waals surface area contributed by atoms with Crippen LogP contribution < -0.4 is 0 Å². The summed E-state index contributed by atoms with van der Waals surface area (Å²) in [5, 5.41) is 0. The van der Waals surface area contributed by atoms with Gasteiger partial charge in [-0.05, 0) is 24.1 Å². The number of benzene rings is 1. The molecular weight excluding hydrogens is 260 g/mol. The van der Waals surface area contributed by atoms with E-state index in [0.717, 1.165) is 16.3 Å². The van der Waals surface area contributed by atoms with E-state index in [1.165, 1.54) is 7.11 Å². The molecule has 15 heavy (non-hydrogen) atoms. The van der Waals surface area contributed by atoms with Gasteiger partial charge in [0.2, 0.25) is 0 Å². The summed E-state index contributed by atoms with van der Waals surface area (Å²) in [5.74, 6) is -0.357. The van der Waals surface area contributed by atoms with Gasteiger partial charge in [0.25, 0.3) is 0 Å². The number of rotatable bonds is 3. The zero-order valence-corrected chi connectivity index (χ0v) is 10.1. The van der Waals surface area contributed by atoms with Gasteiger partial charge in [0.15, 0.2) is 6.29 Å². The lowest BCUT2D eigenvalue weighted by molar-refractivity contribution is -0.139. The molecule has 0 aromatic heterocycles. The zero-order chi connectivity index (χ0) is 11.4. The Hall–Kier alpha value is -1.16. The highest BCUT2D eigenvalue weighted by molar-refractivity contribution is 9.10. The Morgan fingerprint density at radius 3 is 2.73 bits per heavy atom. The molecule has 1 aromatic carbocycles. The third-order valence-corrected chi connectivity index (χ3v) is 2.93. The third-order valence-electron chi connectivity index (χ3n) is 2.18. The number of carbonyl (C=O) groups excluding carboxylic acids is 2. The maximum Gasteiger partial charge on any atom is 0.310 e. The highest BCUT2D eigenvalue weighted by atomic mass is 79.9. The van der Waals surface area contributed by atoms with Crippen LogP contribution in [0.3, 0.4) is 0 Å². The monoisotopic (exact) mass is 270 g/mol. The summed E-state index contributed by atoms with van der Waals surface area (Å²) in [7, 11) is 1.33. The summed E-state index contributed by atoms with van der Waals surface area (Å²) < 4.78 is 5.32. The third kappa shape index (κ3) is 2.65. The lowest BCUT2D eigenvalue weighted by Gasteiger charge is -2.08. The van der Waals surface area contributed by atoms with Crippen molar-refractivity contribution in [1.82, 2.24) is 0 Å². The summed E-state index contributed by atoms with van der Waals surface area (Å²) in [4.78, 5) is 22.1. The second kappa shape index (κ2) is 5.07. The van der Waals surface area contributed by atoms with Crippen LogP contribution in [0.15, 0.2) is 16.6 Å². The van der Waals surface area contributed by atoms with E-state index >= 15 is 0 Å². The molecule has 0 aliphatic rings. The van der Waals surface area contributed by atoms with Gasteiger partial charge in [-0.15, -0.1) is 0 Å². The number of carbonyl (C=O) groups is 2. The van der Waals surface area contributed by atoms with Crippen LogP contribution in [0, 0.1) is 6.92 Å². The van der Waals surface area contributed by atoms with Gasteiger partial charge in [-0.1, -0.05) is 22.0 Å². The molecule has 0 atom stereocenters. The minimum absolute atomic E-state index is 0.104. The number of aldehydes is 1. The van der Waals surface area contributed by atoms with Crippen molar-refractivity contribution in [3.63, 3.8) is 0 Å². The Labute approximate surface area is 96.6 Å². The minimum atomic E-state index is -0.357. The predicted molar refractivity (Wildman–Crippen MR) is 60.0 cm³/mol. The maximum atomic E-state index is 11.2. The molecule has 0 spiro atoms. The standard InChI is InChI=1S/C11H11BrO3/c1-7-3-4-10(12)8(9(7)6-13)5-11(14)15-2/h3-4,6H,5H2,1-2H3. The van der Waals surface area contributed by atoms with Crippen LogP contribution in [0.5, 0.6) is 0 Å². The van der Waals surface area contributed by atoms with E-state index in [1.54, 1.807) is 0 Å². The molecule has 0 radical (unpaired) electrons. The molecule has 1 aromatic rings. The summed E-state index contributed by atoms with van der Waals surface area (Å²) in [6.45, 7) is 1.83. The molecule has 0 fully saturated rings. The second-order valence-electron chi connectivity index (χ2n) is 3.13. The van der Waals surface area contributed by atoms with Crippen LogP contribution in [0.1, 0.15) is 21.5 Å². The van der Waals surface area contributed by atoms with Gasteiger partial charge >= 0.3 is 5.97 Å². The summed E-state index contributed by atoms with van der Waals surface area (Å²) in [6.07, 6.45) is 0.866. The summed E-state index contributed by atoms with van der Waals surface area (Å²) in [5.41, 5.74) is 2.08. The Morgan fingerprint density at radius 2 is 2.20 bits per heavy atom. The average Bonchev–Trinajstić information content (AvgIpc) is 2.23. The molecule has 0 saturated carbocycles. The number of hydrogen-bond donors (Lipinski definition) is 0. The summed E-state index contributed by atoms with van der Waals surface area (Å²) in [6, 6.07) is 3.65. The molecular formula is C11H11BrO3. The first kappa shape index (κ1) is 11.9. The normalized spacial score (nSPS) is 9.80. The molecule has 0 amide bonds. The molecule has 80 valence electrons. The van der Waals surface area contributed by atoms with Crippen molar-refractivity contribution >= 4 is 28.2 Å². The predicted octanol–water partition coefficient (Wildman–Crippen LogP) is 2.29. The molecule has 3 nitrogen and oxygen atoms in total. The van der Waals surface area contributed by atoms with Gasteiger partial charge in [0.1, 0.15) is 0 Å². The highest BCUT2D eigenvalue weighted by Crippen LogP contribution is 2.23. The zero-order valence-electron chi connectivity index (χ0n) is 8.54. The van der Waals surface area contributed by atoms with Gasteiger partial charge < -0.3 is 4.74 Å². The van der Waals surface area contributed by atoms with Crippen molar-refractivity contribution in [3.8, 4) is 0 Å². The number of methoxy groups -OCH3 is 1. The number of aryl methyl sites for hydroxylation is 1. The van der Waals surface area contributed by atoms with E-state index in [9.17, 15) is 9.59 Å². The van der Waals surface area contributed by atoms with Crippen LogP contribution in [-0.2, 0) is 16.0 Å². The Morgan fingerprint density at radius 1 is 1.53 bits per heavy atom. The number of esters is 1. The first-order chi connectivity index (χ1) is 7.10. The lowest BCUT2D eigenvalue weighted by atomic mass is 10.0. The van der Waals surface area contributed by atoms with Crippen LogP contribution in [-0.4, -0.2) is 19.4 Å². The topological polar surface area (TPSA) is 43.4 Å². The number of halogens is 1. The number of hydrogen-bond acceptors (Lipinski definition) is 3. The highest BCUT2D eigenvalue weighted by Gasteiger charge is 2.13. The van der Waals surface area contributed by atoms with E-state index in [2.05, 4.69) is 20.7 Å². The van der Waals surface area contributed by atoms with Crippen molar-refractivity contribution in [2.45, 2.75) is 13.3 Å². The first-order valence-electron chi connectivity index (χ1n) is 4.40. The van der Waals surface area contributed by atoms with Crippen molar-refractivity contribution in [3.05, 3.63) is 33.3 Å². The molecule has 0 bridgehead atoms. The van der Waals surface area contributed by atoms with Crippen LogP contribution >= 0.6 is 15.9 Å². The van der Waals surface area contributed by atoms with Crippen LogP contribution in [0.2, 0.25) is 0 Å². The van der Waals surface area contributed by atoms with E-state index in [-0.39, 0.29) is 12.4 Å². The fourth-order valence-electron chi connectivity index (χ4n) is 1.32. The smallest absolute Gasteiger partial charge is 0.310 e. The van der Waals surface area contributed by atoms with Gasteiger partial charge in [0, 0.05) is 10.0 Å². The molecule has 0 heterocycles. The lowest BCUT2D eigenvalue weighted by Crippen LogP contribution is -2.08. The largest absolute Gasteiger partial charge is 0.469 e. The van der Waals surface area contributed by atoms with Crippen molar-refractivity contribution < 1.29 is 14.3 Å². The van der Waals surface area contributed by atoms with Crippen molar-refractivity contribution in [2.75, 3.05) is 7.11 Å². The van der Waals surface area contributed by atoms with Crippen LogP contribution in [0.4, 0.5) is 0 Å². The Balaban J connectivity index is 3.19. The fourth-order valence-corrected chi connectivity index (χ4v) is 1.80. The van der Waals surface area contributed by atoms with Crippen molar-refractivity contribution in [1.29, 1.82) is 0 Å². The molecule has 4 heteroatoms. The summed E-state index contributed by atoms with van der Waals surface area (Å²) >= 11 is 3.31. The van der Waals surface area contributed by atoms with E-state index in [0.29, 0.717) is 11.1 Å². The van der Waals surface area contributed by atoms with Gasteiger partial charge in [-0.3, -0.25) is 9.59 Å². The van der Waals surface area contributed by atoms with Crippen molar-refractivity contribution in [2.24, 2.45) is 0 Å². The fraction of sp³-hybridized carbons (Fsp3) is 0.273. The van der Waals surface area contributed by atoms with E-state index in [4.69, 9.17) is 0 Å². The first-order valence-corrected chi connectivity index (χ1v) is 5.19. The molecule has 1 rings (SSSR count). The molecule has 0 saturated heterocycles. The Bertz CT molecular complexity index is 399. The Kier molecular flexibility index (Phi) is 4.03. The van der Waals surface area contributed by atoms with Gasteiger partial charge in [-0.2, -0.15) is 0 Å². The molecule has 0 aliphatic heterocycles. The minimum Gasteiger partial charge on any atom is -0.469 e. The maximum absolute atomic E-state index is 11.2. The quantitative estimate of drug-likeness (QED) is 0.625. The molecule has 0 unspecified atom stereocenters. The average molecular weight is 271 g/mol. The molecule has 0 aliphatic carbocycles. The van der Waals surface area contributed by atoms with E-state index in [1.807, 2.05) is 19.1 Å². The SMILES string of the molecule is COC(=O)Cc1c(Br)ccc(C)c1C=O. The second-order valence-corrected chi connectivity index (χ2v) is 3.98. The number of ether oxygens (including phenoxy) is 1. The molecule has 0 N–H and O–H groups in total. The van der Waals surface area contributed by atoms with Crippen LogP contribution in [0.25, 0.3) is 0 Å². The van der Waals surface area contributed by atoms with Gasteiger partial charge in [-0.25, -0.2) is 0 Å². The van der Waals surface area contributed by atoms with Gasteiger partial charge in [0.05, 0.1) is 13.5 Å². The van der Waals surface area contributed by atoms with E-state index < -0.39 is 0 Å².